The Kier molecular flexibility index (Phi) is 6.44. The van der Waals surface area contributed by atoms with Gasteiger partial charge in [0.15, 0.2) is 0 Å². The van der Waals surface area contributed by atoms with E-state index in [9.17, 15) is 14.4 Å². The molecule has 15 heavy (non-hydrogen) atoms. The van der Waals surface area contributed by atoms with E-state index in [0.29, 0.717) is 0 Å². The van der Waals surface area contributed by atoms with Gasteiger partial charge >= 0.3 is 6.03 Å². The number of likely N-dealkylation sites (N-methyl/N-ethyl adjacent to an activating group) is 2. The second kappa shape index (κ2) is 7.05. The van der Waals surface area contributed by atoms with Gasteiger partial charge in [0.1, 0.15) is 6.54 Å². The van der Waals surface area contributed by atoms with Crippen molar-refractivity contribution in [3.63, 3.8) is 0 Å². The number of alkyl halides is 1. The van der Waals surface area contributed by atoms with Gasteiger partial charge in [0.2, 0.25) is 11.8 Å². The zero-order valence-electron chi connectivity index (χ0n) is 8.67. The number of halogens is 1. The average Bonchev–Trinajstić information content (AvgIpc) is 2.17. The van der Waals surface area contributed by atoms with E-state index in [0.717, 1.165) is 4.90 Å². The first kappa shape index (κ1) is 13.7. The molecule has 0 rings (SSSR count). The zero-order valence-corrected chi connectivity index (χ0v) is 9.43. The van der Waals surface area contributed by atoms with Crippen LogP contribution in [-0.4, -0.2) is 49.3 Å². The molecule has 0 spiro atoms. The van der Waals surface area contributed by atoms with Crippen LogP contribution < -0.4 is 10.6 Å². The van der Waals surface area contributed by atoms with E-state index in [1.807, 2.05) is 0 Å². The molecule has 0 unspecified atom stereocenters. The molecule has 0 saturated carbocycles. The van der Waals surface area contributed by atoms with Gasteiger partial charge in [0.05, 0.1) is 0 Å². The molecule has 2 N–H and O–H groups in total. The van der Waals surface area contributed by atoms with E-state index in [1.54, 1.807) is 0 Å². The number of carbonyl (C=O) groups excluding carboxylic acids is 3. The van der Waals surface area contributed by atoms with Gasteiger partial charge in [-0.15, -0.1) is 11.6 Å². The lowest BCUT2D eigenvalue weighted by Crippen LogP contribution is -2.44. The molecule has 0 aliphatic heterocycles. The Labute approximate surface area is 92.9 Å². The van der Waals surface area contributed by atoms with Crippen LogP contribution in [0.4, 0.5) is 4.79 Å². The number of urea groups is 1. The molecule has 0 fully saturated rings. The third-order valence-corrected chi connectivity index (χ3v) is 1.76. The molecule has 0 aliphatic carbocycles. The predicted molar refractivity (Wildman–Crippen MR) is 55.6 cm³/mol. The van der Waals surface area contributed by atoms with Crippen LogP contribution >= 0.6 is 11.6 Å². The highest BCUT2D eigenvalue weighted by Crippen LogP contribution is 1.88. The van der Waals surface area contributed by atoms with Gasteiger partial charge in [-0.3, -0.25) is 14.9 Å². The molecular weight excluding hydrogens is 222 g/mol. The van der Waals surface area contributed by atoms with Crippen LogP contribution in [0.3, 0.4) is 0 Å². The van der Waals surface area contributed by atoms with Crippen molar-refractivity contribution in [1.82, 2.24) is 15.5 Å². The smallest absolute Gasteiger partial charge is 0.324 e. The summed E-state index contributed by atoms with van der Waals surface area (Å²) in [5, 5.41) is 4.46. The minimum absolute atomic E-state index is 0.0705. The summed E-state index contributed by atoms with van der Waals surface area (Å²) in [6.45, 7) is -0.101. The van der Waals surface area contributed by atoms with Crippen LogP contribution in [0.2, 0.25) is 0 Å². The number of imide groups is 1. The summed E-state index contributed by atoms with van der Waals surface area (Å²) in [5.41, 5.74) is 0. The lowest BCUT2D eigenvalue weighted by molar-refractivity contribution is -0.122. The van der Waals surface area contributed by atoms with Gasteiger partial charge in [-0.2, -0.15) is 0 Å². The summed E-state index contributed by atoms with van der Waals surface area (Å²) in [5.74, 6) is -0.616. The molecule has 0 aromatic rings. The molecule has 0 aromatic heterocycles. The summed E-state index contributed by atoms with van der Waals surface area (Å²) < 4.78 is 0. The standard InChI is InChI=1S/C8H14ClN3O3/c1-10-7(14)5-12(2)8(15)11-6(13)3-4-9/h3-5H2,1-2H3,(H,10,14)(H,11,13,15). The zero-order chi connectivity index (χ0) is 11.8. The summed E-state index contributed by atoms with van der Waals surface area (Å²) in [6.07, 6.45) is 0.0705. The molecule has 0 aliphatic rings. The average molecular weight is 236 g/mol. The number of hydrogen-bond donors (Lipinski definition) is 2. The van der Waals surface area contributed by atoms with Gasteiger partial charge in [-0.25, -0.2) is 4.79 Å². The number of hydrogen-bond acceptors (Lipinski definition) is 3. The van der Waals surface area contributed by atoms with Crippen LogP contribution in [0.5, 0.6) is 0 Å². The second-order valence-electron chi connectivity index (χ2n) is 2.82. The van der Waals surface area contributed by atoms with E-state index < -0.39 is 11.9 Å². The Morgan fingerprint density at radius 3 is 2.33 bits per heavy atom. The van der Waals surface area contributed by atoms with E-state index in [1.165, 1.54) is 14.1 Å². The molecule has 0 bridgehead atoms. The predicted octanol–water partition coefficient (Wildman–Crippen LogP) is -0.471. The van der Waals surface area contributed by atoms with Crippen LogP contribution in [0.1, 0.15) is 6.42 Å². The van der Waals surface area contributed by atoms with Crippen molar-refractivity contribution in [2.75, 3.05) is 26.5 Å². The normalized spacial score (nSPS) is 9.27. The highest BCUT2D eigenvalue weighted by atomic mass is 35.5. The van der Waals surface area contributed by atoms with Crippen molar-refractivity contribution >= 4 is 29.4 Å². The second-order valence-corrected chi connectivity index (χ2v) is 3.20. The maximum atomic E-state index is 11.3. The monoisotopic (exact) mass is 235 g/mol. The topological polar surface area (TPSA) is 78.5 Å². The first-order valence-electron chi connectivity index (χ1n) is 4.32. The summed E-state index contributed by atoms with van der Waals surface area (Å²) in [7, 11) is 2.88. The number of amides is 4. The molecule has 86 valence electrons. The van der Waals surface area contributed by atoms with Crippen molar-refractivity contribution in [3.05, 3.63) is 0 Å². The first-order chi connectivity index (χ1) is 7.01. The maximum Gasteiger partial charge on any atom is 0.324 e. The van der Waals surface area contributed by atoms with Gasteiger partial charge in [0.25, 0.3) is 0 Å². The molecule has 0 aromatic carbocycles. The van der Waals surface area contributed by atoms with Crippen LogP contribution in [0.15, 0.2) is 0 Å². The Morgan fingerprint density at radius 1 is 1.27 bits per heavy atom. The summed E-state index contributed by atoms with van der Waals surface area (Å²) in [6, 6.07) is -0.617. The Hall–Kier alpha value is -1.30. The molecule has 4 amide bonds. The number of nitrogens with one attached hydrogen (secondary N) is 2. The van der Waals surface area contributed by atoms with E-state index in [4.69, 9.17) is 11.6 Å². The van der Waals surface area contributed by atoms with Crippen molar-refractivity contribution in [1.29, 1.82) is 0 Å². The Morgan fingerprint density at radius 2 is 1.87 bits per heavy atom. The molecule has 6 nitrogen and oxygen atoms in total. The highest BCUT2D eigenvalue weighted by Gasteiger charge is 2.14. The van der Waals surface area contributed by atoms with Crippen molar-refractivity contribution < 1.29 is 14.4 Å². The lowest BCUT2D eigenvalue weighted by atomic mass is 10.4. The number of rotatable bonds is 4. The largest absolute Gasteiger partial charge is 0.358 e. The summed E-state index contributed by atoms with van der Waals surface area (Å²) >= 11 is 5.32. The minimum atomic E-state index is -0.617. The van der Waals surface area contributed by atoms with Gasteiger partial charge in [0, 0.05) is 26.4 Å². The molecule has 7 heteroatoms. The Balaban J connectivity index is 3.99. The first-order valence-corrected chi connectivity index (χ1v) is 4.86. The van der Waals surface area contributed by atoms with Gasteiger partial charge < -0.3 is 10.2 Å². The van der Waals surface area contributed by atoms with Crippen molar-refractivity contribution in [2.24, 2.45) is 0 Å². The van der Waals surface area contributed by atoms with Crippen molar-refractivity contribution in [3.8, 4) is 0 Å². The highest BCUT2D eigenvalue weighted by molar-refractivity contribution is 6.19. The Bertz CT molecular complexity index is 258. The lowest BCUT2D eigenvalue weighted by Gasteiger charge is -2.15. The van der Waals surface area contributed by atoms with E-state index in [-0.39, 0.29) is 24.8 Å². The van der Waals surface area contributed by atoms with Gasteiger partial charge in [-0.05, 0) is 0 Å². The van der Waals surface area contributed by atoms with Gasteiger partial charge in [-0.1, -0.05) is 0 Å². The molecular formula is C8H14ClN3O3. The van der Waals surface area contributed by atoms with E-state index in [2.05, 4.69) is 10.6 Å². The fourth-order valence-corrected chi connectivity index (χ4v) is 0.901. The van der Waals surface area contributed by atoms with Crippen LogP contribution in [0, 0.1) is 0 Å². The quantitative estimate of drug-likeness (QED) is 0.647. The SMILES string of the molecule is CNC(=O)CN(C)C(=O)NC(=O)CCCl. The van der Waals surface area contributed by atoms with Crippen LogP contribution in [-0.2, 0) is 9.59 Å². The fourth-order valence-electron chi connectivity index (χ4n) is 0.729. The molecule has 0 radical (unpaired) electrons. The third kappa shape index (κ3) is 5.90. The molecule has 0 atom stereocenters. The third-order valence-electron chi connectivity index (χ3n) is 1.57. The van der Waals surface area contributed by atoms with Crippen molar-refractivity contribution in [2.45, 2.75) is 6.42 Å². The van der Waals surface area contributed by atoms with Crippen LogP contribution in [0.25, 0.3) is 0 Å². The fraction of sp³-hybridized carbons (Fsp3) is 0.625. The maximum absolute atomic E-state index is 11.3. The summed E-state index contributed by atoms with van der Waals surface area (Å²) in [4.78, 5) is 34.2. The minimum Gasteiger partial charge on any atom is -0.358 e. The number of carbonyl (C=O) groups is 3. The molecule has 0 saturated heterocycles. The number of nitrogens with zero attached hydrogens (tertiary/aromatic N) is 1. The van der Waals surface area contributed by atoms with E-state index >= 15 is 0 Å². The molecule has 0 heterocycles.